The zero-order chi connectivity index (χ0) is 19.0. The van der Waals surface area contributed by atoms with Gasteiger partial charge in [-0.05, 0) is 41.7 Å². The summed E-state index contributed by atoms with van der Waals surface area (Å²) >= 11 is 0. The molecule has 2 fully saturated rings. The van der Waals surface area contributed by atoms with E-state index in [9.17, 15) is 8.42 Å². The average molecular weight is 385 g/mol. The van der Waals surface area contributed by atoms with Gasteiger partial charge in [-0.2, -0.15) is 8.42 Å². The summed E-state index contributed by atoms with van der Waals surface area (Å²) in [6, 6.07) is 13.4. The second kappa shape index (κ2) is 7.20. The van der Waals surface area contributed by atoms with Crippen LogP contribution in [-0.2, 0) is 10.1 Å². The van der Waals surface area contributed by atoms with Crippen molar-refractivity contribution in [3.63, 3.8) is 0 Å². The fourth-order valence-corrected chi connectivity index (χ4v) is 5.01. The molecule has 27 heavy (non-hydrogen) atoms. The Labute approximate surface area is 159 Å². The van der Waals surface area contributed by atoms with Crippen LogP contribution < -0.4 is 11.1 Å². The summed E-state index contributed by atoms with van der Waals surface area (Å²) in [7, 11) is -4.09. The van der Waals surface area contributed by atoms with Crippen LogP contribution in [0.25, 0.3) is 10.8 Å². The van der Waals surface area contributed by atoms with E-state index in [2.05, 4.69) is 29.6 Å². The van der Waals surface area contributed by atoms with Crippen molar-refractivity contribution in [2.45, 2.75) is 35.9 Å². The van der Waals surface area contributed by atoms with E-state index < -0.39 is 10.1 Å². The second-order valence-corrected chi connectivity index (χ2v) is 8.88. The maximum Gasteiger partial charge on any atom is 0.294 e. The van der Waals surface area contributed by atoms with Crippen molar-refractivity contribution < 1.29 is 13.0 Å². The summed E-state index contributed by atoms with van der Waals surface area (Å²) in [5, 5.41) is 5.38. The Hall–Kier alpha value is -1.99. The minimum Gasteiger partial charge on any atom is -0.326 e. The summed E-state index contributed by atoms with van der Waals surface area (Å²) in [6.07, 6.45) is 11.4. The van der Waals surface area contributed by atoms with Crippen LogP contribution in [0.4, 0.5) is 0 Å². The third-order valence-corrected chi connectivity index (χ3v) is 6.68. The summed E-state index contributed by atoms with van der Waals surface area (Å²) in [5.41, 5.74) is 6.06. The van der Waals surface area contributed by atoms with Gasteiger partial charge >= 0.3 is 0 Å². The maximum absolute atomic E-state index is 10.8. The van der Waals surface area contributed by atoms with Gasteiger partial charge < -0.3 is 11.1 Å². The summed E-state index contributed by atoms with van der Waals surface area (Å²) in [4.78, 5) is -0.0730. The standard InChI is InChI=1S/C11H16N2.C10H8O3S/c12-9-6-5-8-7-3-1-2-4-10(7)13-11(8)9;11-14(12,13)10-6-5-8-3-1-2-4-9(8)7-10/h1-4,7-11,13H,5-6,12H2;1-7H,(H,11,12,13). The SMILES string of the molecule is NC1CCC2C3C=CC=CC3NC12.O=S(=O)(O)c1ccc2ccccc2c1. The first-order valence-corrected chi connectivity index (χ1v) is 10.7. The molecule has 5 unspecified atom stereocenters. The van der Waals surface area contributed by atoms with Gasteiger partial charge in [0.25, 0.3) is 10.1 Å². The molecule has 6 heteroatoms. The zero-order valence-electron chi connectivity index (χ0n) is 14.9. The van der Waals surface area contributed by atoms with Crippen LogP contribution in [0.15, 0.2) is 71.7 Å². The molecule has 0 amide bonds. The number of benzene rings is 2. The first-order chi connectivity index (χ1) is 12.9. The Kier molecular flexibility index (Phi) is 4.90. The summed E-state index contributed by atoms with van der Waals surface area (Å²) in [6.45, 7) is 0. The molecule has 1 heterocycles. The van der Waals surface area contributed by atoms with Gasteiger partial charge in [0.15, 0.2) is 0 Å². The molecular weight excluding hydrogens is 360 g/mol. The van der Waals surface area contributed by atoms with Crippen molar-refractivity contribution in [2.75, 3.05) is 0 Å². The Balaban J connectivity index is 0.000000134. The van der Waals surface area contributed by atoms with E-state index in [4.69, 9.17) is 10.3 Å². The van der Waals surface area contributed by atoms with Crippen LogP contribution >= 0.6 is 0 Å². The lowest BCUT2D eigenvalue weighted by Crippen LogP contribution is -2.41. The van der Waals surface area contributed by atoms with E-state index in [1.807, 2.05) is 18.2 Å². The van der Waals surface area contributed by atoms with E-state index >= 15 is 0 Å². The lowest BCUT2D eigenvalue weighted by atomic mass is 9.86. The molecule has 5 atom stereocenters. The van der Waals surface area contributed by atoms with Crippen LogP contribution in [0.2, 0.25) is 0 Å². The van der Waals surface area contributed by atoms with Gasteiger partial charge in [-0.3, -0.25) is 4.55 Å². The van der Waals surface area contributed by atoms with Crippen LogP contribution in [0.1, 0.15) is 12.8 Å². The highest BCUT2D eigenvalue weighted by atomic mass is 32.2. The Bertz CT molecular complexity index is 999. The highest BCUT2D eigenvalue weighted by molar-refractivity contribution is 7.85. The summed E-state index contributed by atoms with van der Waals surface area (Å²) in [5.74, 6) is 1.50. The van der Waals surface area contributed by atoms with Crippen LogP contribution in [-0.4, -0.2) is 31.1 Å². The molecule has 1 saturated carbocycles. The smallest absolute Gasteiger partial charge is 0.294 e. The molecule has 1 saturated heterocycles. The Morgan fingerprint density at radius 3 is 2.52 bits per heavy atom. The fourth-order valence-electron chi connectivity index (χ4n) is 4.49. The van der Waals surface area contributed by atoms with Crippen LogP contribution in [0.3, 0.4) is 0 Å². The molecule has 5 rings (SSSR count). The number of allylic oxidation sites excluding steroid dienone is 2. The zero-order valence-corrected chi connectivity index (χ0v) is 15.7. The third-order valence-electron chi connectivity index (χ3n) is 5.83. The van der Waals surface area contributed by atoms with Crippen molar-refractivity contribution in [2.24, 2.45) is 17.6 Å². The molecule has 1 aliphatic heterocycles. The molecule has 3 aliphatic rings. The highest BCUT2D eigenvalue weighted by Gasteiger charge is 2.46. The number of hydrogen-bond acceptors (Lipinski definition) is 4. The first-order valence-electron chi connectivity index (χ1n) is 9.26. The largest absolute Gasteiger partial charge is 0.326 e. The Morgan fingerprint density at radius 1 is 1.00 bits per heavy atom. The molecule has 0 bridgehead atoms. The number of rotatable bonds is 1. The monoisotopic (exact) mass is 384 g/mol. The fraction of sp³-hybridized carbons (Fsp3) is 0.333. The van der Waals surface area contributed by atoms with E-state index in [0.29, 0.717) is 24.0 Å². The third kappa shape index (κ3) is 3.71. The van der Waals surface area contributed by atoms with E-state index in [1.165, 1.54) is 25.0 Å². The van der Waals surface area contributed by atoms with Crippen molar-refractivity contribution in [3.8, 4) is 0 Å². The molecule has 4 N–H and O–H groups in total. The first kappa shape index (κ1) is 18.4. The normalized spacial score (nSPS) is 31.3. The summed E-state index contributed by atoms with van der Waals surface area (Å²) < 4.78 is 30.5. The lowest BCUT2D eigenvalue weighted by molar-refractivity contribution is 0.439. The molecular formula is C21H24N2O3S. The number of nitrogens with one attached hydrogen (secondary N) is 1. The molecule has 2 aromatic carbocycles. The van der Waals surface area contributed by atoms with E-state index in [1.54, 1.807) is 12.1 Å². The molecule has 2 aliphatic carbocycles. The molecule has 0 spiro atoms. The molecule has 2 aromatic rings. The van der Waals surface area contributed by atoms with Gasteiger partial charge in [-0.1, -0.05) is 54.6 Å². The Morgan fingerprint density at radius 2 is 1.74 bits per heavy atom. The van der Waals surface area contributed by atoms with Crippen LogP contribution in [0.5, 0.6) is 0 Å². The van der Waals surface area contributed by atoms with E-state index in [0.717, 1.165) is 16.7 Å². The minimum atomic E-state index is -4.09. The number of fused-ring (bicyclic) bond motifs is 4. The van der Waals surface area contributed by atoms with E-state index in [-0.39, 0.29) is 4.90 Å². The van der Waals surface area contributed by atoms with Gasteiger partial charge in [-0.25, -0.2) is 0 Å². The maximum atomic E-state index is 10.8. The number of hydrogen-bond donors (Lipinski definition) is 3. The van der Waals surface area contributed by atoms with Crippen molar-refractivity contribution in [1.29, 1.82) is 0 Å². The predicted molar refractivity (Wildman–Crippen MR) is 107 cm³/mol. The van der Waals surface area contributed by atoms with Gasteiger partial charge in [0.05, 0.1) is 4.90 Å². The topological polar surface area (TPSA) is 92.4 Å². The molecule has 0 radical (unpaired) electrons. The van der Waals surface area contributed by atoms with Gasteiger partial charge in [0.1, 0.15) is 0 Å². The molecule has 142 valence electrons. The van der Waals surface area contributed by atoms with Gasteiger partial charge in [0.2, 0.25) is 0 Å². The van der Waals surface area contributed by atoms with Gasteiger partial charge in [-0.15, -0.1) is 0 Å². The minimum absolute atomic E-state index is 0.0730. The van der Waals surface area contributed by atoms with Crippen molar-refractivity contribution in [1.82, 2.24) is 5.32 Å². The highest BCUT2D eigenvalue weighted by Crippen LogP contribution is 2.40. The van der Waals surface area contributed by atoms with Gasteiger partial charge in [0, 0.05) is 24.0 Å². The lowest BCUT2D eigenvalue weighted by Gasteiger charge is -2.18. The molecule has 0 aromatic heterocycles. The number of nitrogens with two attached hydrogens (primary N) is 1. The quantitative estimate of drug-likeness (QED) is 0.658. The molecule has 5 nitrogen and oxygen atoms in total. The average Bonchev–Trinajstić information content (AvgIpc) is 3.21. The van der Waals surface area contributed by atoms with Crippen molar-refractivity contribution >= 4 is 20.9 Å². The predicted octanol–water partition coefficient (Wildman–Crippen LogP) is 2.89. The van der Waals surface area contributed by atoms with Crippen molar-refractivity contribution in [3.05, 3.63) is 66.8 Å². The second-order valence-electron chi connectivity index (χ2n) is 7.45. The van der Waals surface area contributed by atoms with Crippen LogP contribution in [0, 0.1) is 11.8 Å².